The van der Waals surface area contributed by atoms with Gasteiger partial charge in [0.15, 0.2) is 0 Å². The molecule has 1 N–H and O–H groups in total. The van der Waals surface area contributed by atoms with Crippen LogP contribution in [-0.4, -0.2) is 56.7 Å². The third kappa shape index (κ3) is 3.72. The largest absolute Gasteiger partial charge is 0.351 e. The third-order valence-electron chi connectivity index (χ3n) is 6.88. The van der Waals surface area contributed by atoms with E-state index in [1.807, 2.05) is 39.9 Å². The van der Waals surface area contributed by atoms with Gasteiger partial charge in [-0.1, -0.05) is 18.2 Å². The Hall–Kier alpha value is -3.45. The smallest absolute Gasteiger partial charge is 0.270 e. The van der Waals surface area contributed by atoms with E-state index in [0.717, 1.165) is 61.2 Å². The normalized spacial score (nSPS) is 16.5. The zero-order valence-electron chi connectivity index (χ0n) is 18.4. The molecule has 0 unspecified atom stereocenters. The van der Waals surface area contributed by atoms with Crippen molar-refractivity contribution in [2.75, 3.05) is 26.2 Å². The molecule has 2 aliphatic rings. The number of para-hydroxylation sites is 1. The SMILES string of the molecule is O=C(c1cc2ccccc2[nH]1)N1CCN(Cc2nn(-c3ccc(F)cc3)c3c2CCC3)CC1. The summed E-state index contributed by atoms with van der Waals surface area (Å²) < 4.78 is 15.4. The van der Waals surface area contributed by atoms with Crippen LogP contribution in [0.3, 0.4) is 0 Å². The molecule has 1 aliphatic carbocycles. The highest BCUT2D eigenvalue weighted by Crippen LogP contribution is 2.29. The first-order chi connectivity index (χ1) is 16.2. The molecule has 0 bridgehead atoms. The minimum atomic E-state index is -0.234. The van der Waals surface area contributed by atoms with Gasteiger partial charge in [-0.25, -0.2) is 9.07 Å². The summed E-state index contributed by atoms with van der Waals surface area (Å²) in [6.07, 6.45) is 3.19. The van der Waals surface area contributed by atoms with Crippen LogP contribution in [0.5, 0.6) is 0 Å². The van der Waals surface area contributed by atoms with Gasteiger partial charge in [-0.3, -0.25) is 9.69 Å². The van der Waals surface area contributed by atoms with Gasteiger partial charge in [-0.15, -0.1) is 0 Å². The first-order valence-corrected chi connectivity index (χ1v) is 11.6. The highest BCUT2D eigenvalue weighted by Gasteiger charge is 2.27. The summed E-state index contributed by atoms with van der Waals surface area (Å²) in [4.78, 5) is 20.6. The number of rotatable bonds is 4. The molecule has 6 nitrogen and oxygen atoms in total. The van der Waals surface area contributed by atoms with Gasteiger partial charge in [-0.05, 0) is 61.2 Å². The lowest BCUT2D eigenvalue weighted by Crippen LogP contribution is -2.48. The van der Waals surface area contributed by atoms with Gasteiger partial charge in [0.1, 0.15) is 11.5 Å². The van der Waals surface area contributed by atoms with Gasteiger partial charge in [0, 0.05) is 49.3 Å². The predicted molar refractivity (Wildman–Crippen MR) is 125 cm³/mol. The quantitative estimate of drug-likeness (QED) is 0.520. The Morgan fingerprint density at radius 1 is 1.00 bits per heavy atom. The predicted octanol–water partition coefficient (Wildman–Crippen LogP) is 3.94. The van der Waals surface area contributed by atoms with Crippen LogP contribution in [-0.2, 0) is 19.4 Å². The molecular weight excluding hydrogens is 417 g/mol. The Morgan fingerprint density at radius 2 is 1.79 bits per heavy atom. The monoisotopic (exact) mass is 443 g/mol. The van der Waals surface area contributed by atoms with E-state index in [4.69, 9.17) is 5.10 Å². The number of hydrogen-bond donors (Lipinski definition) is 1. The summed E-state index contributed by atoms with van der Waals surface area (Å²) in [7, 11) is 0. The van der Waals surface area contributed by atoms with Gasteiger partial charge in [0.25, 0.3) is 5.91 Å². The molecule has 168 valence electrons. The number of H-pyrrole nitrogens is 1. The van der Waals surface area contributed by atoms with E-state index >= 15 is 0 Å². The number of benzene rings is 2. The number of aromatic amines is 1. The maximum atomic E-state index is 13.4. The lowest BCUT2D eigenvalue weighted by molar-refractivity contribution is 0.0622. The summed E-state index contributed by atoms with van der Waals surface area (Å²) in [6.45, 7) is 3.84. The van der Waals surface area contributed by atoms with Gasteiger partial charge < -0.3 is 9.88 Å². The van der Waals surface area contributed by atoms with Gasteiger partial charge in [-0.2, -0.15) is 5.10 Å². The second kappa shape index (κ2) is 8.15. The van der Waals surface area contributed by atoms with E-state index in [1.54, 1.807) is 12.1 Å². The van der Waals surface area contributed by atoms with Crippen LogP contribution in [0.2, 0.25) is 0 Å². The number of nitrogens with one attached hydrogen (secondary N) is 1. The van der Waals surface area contributed by atoms with E-state index < -0.39 is 0 Å². The number of carbonyl (C=O) groups excluding carboxylic acids is 1. The van der Waals surface area contributed by atoms with Crippen molar-refractivity contribution in [2.45, 2.75) is 25.8 Å². The van der Waals surface area contributed by atoms with E-state index in [2.05, 4.69) is 9.88 Å². The molecule has 0 spiro atoms. The highest BCUT2D eigenvalue weighted by atomic mass is 19.1. The molecule has 4 aromatic rings. The molecule has 1 aliphatic heterocycles. The minimum absolute atomic E-state index is 0.0623. The molecular formula is C26H26FN5O. The number of halogens is 1. The number of aromatic nitrogens is 3. The number of hydrogen-bond acceptors (Lipinski definition) is 3. The lowest BCUT2D eigenvalue weighted by atomic mass is 10.1. The average Bonchev–Trinajstić information content (AvgIpc) is 3.56. The minimum Gasteiger partial charge on any atom is -0.351 e. The number of amides is 1. The maximum absolute atomic E-state index is 13.4. The van der Waals surface area contributed by atoms with Crippen molar-refractivity contribution in [3.05, 3.63) is 83.1 Å². The van der Waals surface area contributed by atoms with E-state index in [1.165, 1.54) is 23.4 Å². The second-order valence-corrected chi connectivity index (χ2v) is 8.95. The van der Waals surface area contributed by atoms with Crippen LogP contribution in [0, 0.1) is 5.82 Å². The highest BCUT2D eigenvalue weighted by molar-refractivity contribution is 5.98. The molecule has 1 saturated heterocycles. The molecule has 0 saturated carbocycles. The Kier molecular flexibility index (Phi) is 4.99. The summed E-state index contributed by atoms with van der Waals surface area (Å²) in [5.74, 6) is -0.171. The van der Waals surface area contributed by atoms with Crippen molar-refractivity contribution >= 4 is 16.8 Å². The molecule has 1 amide bonds. The summed E-state index contributed by atoms with van der Waals surface area (Å²) >= 11 is 0. The fraction of sp³-hybridized carbons (Fsp3) is 0.308. The Bertz CT molecular complexity index is 1280. The number of piperazine rings is 1. The van der Waals surface area contributed by atoms with E-state index in [0.29, 0.717) is 18.8 Å². The van der Waals surface area contributed by atoms with Crippen molar-refractivity contribution in [3.63, 3.8) is 0 Å². The molecule has 1 fully saturated rings. The van der Waals surface area contributed by atoms with Crippen molar-refractivity contribution in [1.29, 1.82) is 0 Å². The number of carbonyl (C=O) groups is 1. The molecule has 0 atom stereocenters. The Balaban J connectivity index is 1.14. The molecule has 0 radical (unpaired) electrons. The topological polar surface area (TPSA) is 57.2 Å². The van der Waals surface area contributed by atoms with E-state index in [9.17, 15) is 9.18 Å². The number of fused-ring (bicyclic) bond motifs is 2. The Labute approximate surface area is 191 Å². The van der Waals surface area contributed by atoms with Gasteiger partial charge >= 0.3 is 0 Å². The zero-order valence-corrected chi connectivity index (χ0v) is 18.4. The summed E-state index contributed by atoms with van der Waals surface area (Å²) in [5, 5.41) is 5.98. The fourth-order valence-corrected chi connectivity index (χ4v) is 5.12. The Morgan fingerprint density at radius 3 is 2.58 bits per heavy atom. The second-order valence-electron chi connectivity index (χ2n) is 8.95. The number of nitrogens with zero attached hydrogens (tertiary/aromatic N) is 4. The fourth-order valence-electron chi connectivity index (χ4n) is 5.12. The van der Waals surface area contributed by atoms with Crippen LogP contribution in [0.25, 0.3) is 16.6 Å². The standard InChI is InChI=1S/C26H26FN5O/c27-19-8-10-20(11-9-19)32-25-7-3-5-21(25)24(29-32)17-30-12-14-31(15-13-30)26(33)23-16-18-4-1-2-6-22(18)28-23/h1-2,4,6,8-11,16,28H,3,5,7,12-15,17H2. The third-order valence-corrected chi connectivity index (χ3v) is 6.88. The van der Waals surface area contributed by atoms with E-state index in [-0.39, 0.29) is 11.7 Å². The summed E-state index contributed by atoms with van der Waals surface area (Å²) in [5.41, 5.74) is 6.27. The molecule has 2 aromatic carbocycles. The molecule has 2 aromatic heterocycles. The van der Waals surface area contributed by atoms with Crippen LogP contribution < -0.4 is 0 Å². The maximum Gasteiger partial charge on any atom is 0.270 e. The van der Waals surface area contributed by atoms with Gasteiger partial charge in [0.05, 0.1) is 11.4 Å². The molecule has 33 heavy (non-hydrogen) atoms. The first-order valence-electron chi connectivity index (χ1n) is 11.6. The molecule has 6 rings (SSSR count). The lowest BCUT2D eigenvalue weighted by Gasteiger charge is -2.34. The van der Waals surface area contributed by atoms with Gasteiger partial charge in [0.2, 0.25) is 0 Å². The zero-order chi connectivity index (χ0) is 22.4. The van der Waals surface area contributed by atoms with Crippen molar-refractivity contribution in [3.8, 4) is 5.69 Å². The van der Waals surface area contributed by atoms with Crippen LogP contribution in [0.15, 0.2) is 54.6 Å². The average molecular weight is 444 g/mol. The van der Waals surface area contributed by atoms with Crippen molar-refractivity contribution in [1.82, 2.24) is 24.6 Å². The molecule has 7 heteroatoms. The van der Waals surface area contributed by atoms with Crippen LogP contribution in [0.4, 0.5) is 4.39 Å². The van der Waals surface area contributed by atoms with Crippen LogP contribution in [0.1, 0.15) is 33.9 Å². The summed E-state index contributed by atoms with van der Waals surface area (Å²) in [6, 6.07) is 16.5. The van der Waals surface area contributed by atoms with Crippen LogP contribution >= 0.6 is 0 Å². The molecule has 3 heterocycles. The first kappa shape index (κ1) is 20.2. The van der Waals surface area contributed by atoms with Crippen molar-refractivity contribution in [2.24, 2.45) is 0 Å². The van der Waals surface area contributed by atoms with Crippen molar-refractivity contribution < 1.29 is 9.18 Å².